The van der Waals surface area contributed by atoms with Crippen LogP contribution in [0.15, 0.2) is 48.5 Å². The Hall–Kier alpha value is -1.91. The second kappa shape index (κ2) is 6.70. The summed E-state index contributed by atoms with van der Waals surface area (Å²) in [6.45, 7) is 1.78. The molecule has 0 saturated carbocycles. The molecule has 2 aromatic rings. The first kappa shape index (κ1) is 15.5. The Morgan fingerprint density at radius 2 is 1.86 bits per heavy atom. The smallest absolute Gasteiger partial charge is 0.325 e. The maximum Gasteiger partial charge on any atom is 0.325 e. The van der Waals surface area contributed by atoms with Crippen molar-refractivity contribution in [2.24, 2.45) is 0 Å². The fourth-order valence-corrected chi connectivity index (χ4v) is 2.20. The molecule has 21 heavy (non-hydrogen) atoms. The topological polar surface area (TPSA) is 49.3 Å². The number of carboxylic acid groups (broad SMARTS) is 1. The van der Waals surface area contributed by atoms with E-state index in [1.54, 1.807) is 37.3 Å². The predicted molar refractivity (Wildman–Crippen MR) is 79.8 cm³/mol. The van der Waals surface area contributed by atoms with Crippen LogP contribution in [0, 0.1) is 5.82 Å². The van der Waals surface area contributed by atoms with Crippen molar-refractivity contribution in [2.45, 2.75) is 19.0 Å². The summed E-state index contributed by atoms with van der Waals surface area (Å²) in [5, 5.41) is 12.4. The highest BCUT2D eigenvalue weighted by Gasteiger charge is 2.22. The molecule has 0 aliphatic carbocycles. The molecule has 3 nitrogen and oxygen atoms in total. The maximum atomic E-state index is 13.5. The van der Waals surface area contributed by atoms with Crippen LogP contribution in [0.3, 0.4) is 0 Å². The van der Waals surface area contributed by atoms with Crippen LogP contribution in [0.1, 0.15) is 30.1 Å². The third-order valence-corrected chi connectivity index (χ3v) is 3.55. The first-order valence-electron chi connectivity index (χ1n) is 6.48. The Labute approximate surface area is 127 Å². The Kier molecular flexibility index (Phi) is 4.94. The molecular formula is C16H15ClFNO2. The highest BCUT2D eigenvalue weighted by Crippen LogP contribution is 2.23. The largest absolute Gasteiger partial charge is 0.480 e. The second-order valence-electron chi connectivity index (χ2n) is 4.74. The van der Waals surface area contributed by atoms with E-state index >= 15 is 0 Å². The van der Waals surface area contributed by atoms with E-state index in [-0.39, 0.29) is 11.1 Å². The Morgan fingerprint density at radius 3 is 2.43 bits per heavy atom. The van der Waals surface area contributed by atoms with Gasteiger partial charge in [-0.15, -0.1) is 0 Å². The highest BCUT2D eigenvalue weighted by atomic mass is 35.5. The zero-order valence-electron chi connectivity index (χ0n) is 11.4. The minimum Gasteiger partial charge on any atom is -0.480 e. The van der Waals surface area contributed by atoms with E-state index in [9.17, 15) is 14.3 Å². The summed E-state index contributed by atoms with van der Waals surface area (Å²) < 4.78 is 13.5. The third-order valence-electron chi connectivity index (χ3n) is 3.24. The lowest BCUT2D eigenvalue weighted by atomic mass is 10.0. The molecule has 110 valence electrons. The minimum absolute atomic E-state index is 0.0452. The average molecular weight is 308 g/mol. The van der Waals surface area contributed by atoms with Crippen LogP contribution < -0.4 is 5.32 Å². The Balaban J connectivity index is 2.20. The molecule has 0 saturated heterocycles. The van der Waals surface area contributed by atoms with Crippen molar-refractivity contribution >= 4 is 17.6 Å². The van der Waals surface area contributed by atoms with Gasteiger partial charge >= 0.3 is 5.97 Å². The average Bonchev–Trinajstić information content (AvgIpc) is 2.48. The fraction of sp³-hybridized carbons (Fsp3) is 0.188. The predicted octanol–water partition coefficient (Wildman–Crippen LogP) is 3.96. The summed E-state index contributed by atoms with van der Waals surface area (Å²) >= 11 is 5.65. The van der Waals surface area contributed by atoms with Crippen molar-refractivity contribution in [1.82, 2.24) is 5.32 Å². The lowest BCUT2D eigenvalue weighted by Gasteiger charge is -2.21. The summed E-state index contributed by atoms with van der Waals surface area (Å²) in [4.78, 5) is 11.4. The molecule has 0 aliphatic rings. The van der Waals surface area contributed by atoms with Crippen molar-refractivity contribution in [3.63, 3.8) is 0 Å². The summed E-state index contributed by atoms with van der Waals surface area (Å²) in [6, 6.07) is 12.1. The molecular weight excluding hydrogens is 293 g/mol. The van der Waals surface area contributed by atoms with E-state index in [1.165, 1.54) is 12.1 Å². The molecule has 0 bridgehead atoms. The van der Waals surface area contributed by atoms with Crippen LogP contribution in [-0.2, 0) is 4.79 Å². The Bertz CT molecular complexity index is 633. The quantitative estimate of drug-likeness (QED) is 0.879. The first-order chi connectivity index (χ1) is 9.99. The number of halogens is 2. The van der Waals surface area contributed by atoms with Crippen LogP contribution in [-0.4, -0.2) is 11.1 Å². The Morgan fingerprint density at radius 1 is 1.19 bits per heavy atom. The molecule has 2 N–H and O–H groups in total. The van der Waals surface area contributed by atoms with Gasteiger partial charge in [0, 0.05) is 6.04 Å². The molecule has 2 unspecified atom stereocenters. The van der Waals surface area contributed by atoms with Crippen LogP contribution in [0.25, 0.3) is 0 Å². The van der Waals surface area contributed by atoms with Crippen LogP contribution in [0.2, 0.25) is 5.02 Å². The van der Waals surface area contributed by atoms with Crippen molar-refractivity contribution in [1.29, 1.82) is 0 Å². The summed E-state index contributed by atoms with van der Waals surface area (Å²) in [5.74, 6) is -1.50. The van der Waals surface area contributed by atoms with E-state index in [4.69, 9.17) is 11.6 Å². The van der Waals surface area contributed by atoms with Gasteiger partial charge in [-0.05, 0) is 30.2 Å². The SMILES string of the molecule is CC(NC(C(=O)O)c1ccccc1)c1ccc(Cl)c(F)c1. The van der Waals surface area contributed by atoms with Crippen molar-refractivity contribution in [3.8, 4) is 0 Å². The number of nitrogens with one attached hydrogen (secondary N) is 1. The van der Waals surface area contributed by atoms with Gasteiger partial charge in [0.15, 0.2) is 0 Å². The molecule has 0 heterocycles. The van der Waals surface area contributed by atoms with E-state index in [0.717, 1.165) is 0 Å². The molecule has 0 aromatic heterocycles. The maximum absolute atomic E-state index is 13.5. The van der Waals surface area contributed by atoms with Gasteiger partial charge in [-0.1, -0.05) is 48.0 Å². The third kappa shape index (κ3) is 3.80. The lowest BCUT2D eigenvalue weighted by molar-refractivity contribution is -0.139. The number of hydrogen-bond acceptors (Lipinski definition) is 2. The molecule has 0 fully saturated rings. The van der Waals surface area contributed by atoms with Gasteiger partial charge in [0.1, 0.15) is 11.9 Å². The van der Waals surface area contributed by atoms with E-state index in [1.807, 2.05) is 6.07 Å². The number of hydrogen-bond donors (Lipinski definition) is 2. The van der Waals surface area contributed by atoms with E-state index in [2.05, 4.69) is 5.32 Å². The normalized spacial score (nSPS) is 13.7. The van der Waals surface area contributed by atoms with Crippen LogP contribution >= 0.6 is 11.6 Å². The number of carboxylic acids is 1. The zero-order chi connectivity index (χ0) is 15.4. The van der Waals surface area contributed by atoms with Crippen molar-refractivity contribution < 1.29 is 14.3 Å². The first-order valence-corrected chi connectivity index (χ1v) is 6.85. The zero-order valence-corrected chi connectivity index (χ0v) is 12.1. The molecule has 0 spiro atoms. The molecule has 2 aromatic carbocycles. The van der Waals surface area contributed by atoms with Gasteiger partial charge in [-0.2, -0.15) is 0 Å². The van der Waals surface area contributed by atoms with Gasteiger partial charge in [-0.25, -0.2) is 4.39 Å². The van der Waals surface area contributed by atoms with Gasteiger partial charge in [0.2, 0.25) is 0 Å². The summed E-state index contributed by atoms with van der Waals surface area (Å²) in [7, 11) is 0. The van der Waals surface area contributed by atoms with Crippen LogP contribution in [0.5, 0.6) is 0 Å². The van der Waals surface area contributed by atoms with E-state index in [0.29, 0.717) is 11.1 Å². The van der Waals surface area contributed by atoms with Crippen molar-refractivity contribution in [2.75, 3.05) is 0 Å². The number of carbonyl (C=O) groups is 1. The molecule has 2 rings (SSSR count). The lowest BCUT2D eigenvalue weighted by Crippen LogP contribution is -2.30. The fourth-order valence-electron chi connectivity index (χ4n) is 2.08. The molecule has 5 heteroatoms. The standard InChI is InChI=1S/C16H15ClFNO2/c1-10(12-7-8-13(17)14(18)9-12)19-15(16(20)21)11-5-3-2-4-6-11/h2-10,15,19H,1H3,(H,20,21). The van der Waals surface area contributed by atoms with Gasteiger partial charge in [0.05, 0.1) is 5.02 Å². The molecule has 0 aliphatic heterocycles. The van der Waals surface area contributed by atoms with Crippen molar-refractivity contribution in [3.05, 3.63) is 70.5 Å². The van der Waals surface area contributed by atoms with Gasteiger partial charge in [0.25, 0.3) is 0 Å². The highest BCUT2D eigenvalue weighted by molar-refractivity contribution is 6.30. The molecule has 0 amide bonds. The number of rotatable bonds is 5. The second-order valence-corrected chi connectivity index (χ2v) is 5.15. The minimum atomic E-state index is -0.984. The monoisotopic (exact) mass is 307 g/mol. The number of aliphatic carboxylic acids is 1. The van der Waals surface area contributed by atoms with E-state index < -0.39 is 17.8 Å². The van der Waals surface area contributed by atoms with Crippen LogP contribution in [0.4, 0.5) is 4.39 Å². The van der Waals surface area contributed by atoms with Gasteiger partial charge in [-0.3, -0.25) is 10.1 Å². The number of benzene rings is 2. The summed E-state index contributed by atoms with van der Waals surface area (Å²) in [6.07, 6.45) is 0. The summed E-state index contributed by atoms with van der Waals surface area (Å²) in [5.41, 5.74) is 1.28. The molecule has 0 radical (unpaired) electrons. The molecule has 2 atom stereocenters. The van der Waals surface area contributed by atoms with Gasteiger partial charge < -0.3 is 5.11 Å².